The van der Waals surface area contributed by atoms with Crippen LogP contribution >= 0.6 is 0 Å². The lowest BCUT2D eigenvalue weighted by atomic mass is 9.78. The topological polar surface area (TPSA) is 20.2 Å². The van der Waals surface area contributed by atoms with Gasteiger partial charge in [0.25, 0.3) is 0 Å². The fourth-order valence-electron chi connectivity index (χ4n) is 2.17. The Labute approximate surface area is 75.5 Å². The number of aliphatic hydroxyl groups excluding tert-OH is 1. The van der Waals surface area contributed by atoms with Crippen molar-refractivity contribution in [3.05, 3.63) is 12.2 Å². The van der Waals surface area contributed by atoms with Crippen molar-refractivity contribution in [3.63, 3.8) is 0 Å². The van der Waals surface area contributed by atoms with Gasteiger partial charge < -0.3 is 5.11 Å². The van der Waals surface area contributed by atoms with Gasteiger partial charge in [0, 0.05) is 0 Å². The van der Waals surface area contributed by atoms with Gasteiger partial charge in [-0.2, -0.15) is 0 Å². The van der Waals surface area contributed by atoms with Gasteiger partial charge in [0.15, 0.2) is 0 Å². The zero-order valence-electron chi connectivity index (χ0n) is 8.21. The Balaban J connectivity index is 2.45. The summed E-state index contributed by atoms with van der Waals surface area (Å²) in [6.45, 7) is 8.00. The van der Waals surface area contributed by atoms with Crippen LogP contribution in [0.15, 0.2) is 12.2 Å². The Morgan fingerprint density at radius 3 is 2.67 bits per heavy atom. The minimum absolute atomic E-state index is 0.257. The molecule has 0 spiro atoms. The van der Waals surface area contributed by atoms with E-state index in [1.807, 2.05) is 6.92 Å². The van der Waals surface area contributed by atoms with Gasteiger partial charge in [-0.1, -0.05) is 31.9 Å². The van der Waals surface area contributed by atoms with Gasteiger partial charge in [-0.3, -0.25) is 0 Å². The van der Waals surface area contributed by atoms with Crippen molar-refractivity contribution in [1.82, 2.24) is 0 Å². The second-order valence-corrected chi connectivity index (χ2v) is 4.32. The molecule has 70 valence electrons. The van der Waals surface area contributed by atoms with Crippen LogP contribution in [0.25, 0.3) is 0 Å². The second-order valence-electron chi connectivity index (χ2n) is 4.32. The lowest BCUT2D eigenvalue weighted by Gasteiger charge is -2.30. The van der Waals surface area contributed by atoms with Gasteiger partial charge in [0.2, 0.25) is 0 Å². The summed E-state index contributed by atoms with van der Waals surface area (Å²) in [6.07, 6.45) is 4.70. The van der Waals surface area contributed by atoms with Gasteiger partial charge in [0.1, 0.15) is 0 Å². The van der Waals surface area contributed by atoms with E-state index in [1.54, 1.807) is 0 Å². The van der Waals surface area contributed by atoms with Gasteiger partial charge in [-0.15, -0.1) is 0 Å². The Kier molecular flexibility index (Phi) is 3.33. The molecule has 1 rings (SSSR count). The van der Waals surface area contributed by atoms with E-state index in [4.69, 9.17) is 0 Å². The van der Waals surface area contributed by atoms with Crippen molar-refractivity contribution < 1.29 is 5.11 Å². The fraction of sp³-hybridized carbons (Fsp3) is 0.818. The van der Waals surface area contributed by atoms with Crippen LogP contribution in [0.5, 0.6) is 0 Å². The first-order valence-corrected chi connectivity index (χ1v) is 4.94. The van der Waals surface area contributed by atoms with Gasteiger partial charge >= 0.3 is 0 Å². The van der Waals surface area contributed by atoms with Gasteiger partial charge in [0.05, 0.1) is 6.10 Å². The number of hydrogen-bond donors (Lipinski definition) is 1. The molecule has 0 aliphatic heterocycles. The third-order valence-electron chi connectivity index (χ3n) is 2.93. The van der Waals surface area contributed by atoms with Crippen LogP contribution in [0, 0.1) is 11.8 Å². The lowest BCUT2D eigenvalue weighted by Crippen LogP contribution is -2.26. The summed E-state index contributed by atoms with van der Waals surface area (Å²) in [5.41, 5.74) is 0.925. The zero-order valence-corrected chi connectivity index (χ0v) is 8.21. The van der Waals surface area contributed by atoms with Crippen molar-refractivity contribution in [3.8, 4) is 0 Å². The first-order chi connectivity index (χ1) is 5.61. The number of aliphatic hydroxyl groups is 1. The zero-order chi connectivity index (χ0) is 9.14. The molecule has 1 N–H and O–H groups in total. The highest BCUT2D eigenvalue weighted by Gasteiger charge is 2.25. The smallest absolute Gasteiger partial charge is 0.0773 e. The number of hydrogen-bond acceptors (Lipinski definition) is 1. The first kappa shape index (κ1) is 9.79. The van der Waals surface area contributed by atoms with E-state index in [0.29, 0.717) is 5.92 Å². The fourth-order valence-corrected chi connectivity index (χ4v) is 2.17. The number of rotatable bonds is 2. The van der Waals surface area contributed by atoms with Crippen LogP contribution in [-0.4, -0.2) is 11.2 Å². The Morgan fingerprint density at radius 1 is 1.50 bits per heavy atom. The minimum atomic E-state index is -0.257. The van der Waals surface area contributed by atoms with Gasteiger partial charge in [-0.05, 0) is 31.6 Å². The van der Waals surface area contributed by atoms with Gasteiger partial charge in [-0.25, -0.2) is 0 Å². The summed E-state index contributed by atoms with van der Waals surface area (Å²) < 4.78 is 0. The Hall–Kier alpha value is -0.300. The van der Waals surface area contributed by atoms with Crippen molar-refractivity contribution in [2.24, 2.45) is 11.8 Å². The molecule has 1 fully saturated rings. The summed E-state index contributed by atoms with van der Waals surface area (Å²) in [7, 11) is 0. The van der Waals surface area contributed by atoms with E-state index < -0.39 is 0 Å². The minimum Gasteiger partial charge on any atom is -0.388 e. The molecular formula is C11H20O. The summed E-state index contributed by atoms with van der Waals surface area (Å²) in [6, 6.07) is 0. The Morgan fingerprint density at radius 2 is 2.17 bits per heavy atom. The van der Waals surface area contributed by atoms with Crippen molar-refractivity contribution in [1.29, 1.82) is 0 Å². The molecule has 12 heavy (non-hydrogen) atoms. The molecule has 3 unspecified atom stereocenters. The van der Waals surface area contributed by atoms with Crippen LogP contribution in [0.3, 0.4) is 0 Å². The van der Waals surface area contributed by atoms with E-state index in [1.165, 1.54) is 25.7 Å². The maximum Gasteiger partial charge on any atom is 0.0773 e. The van der Waals surface area contributed by atoms with Crippen LogP contribution < -0.4 is 0 Å². The second kappa shape index (κ2) is 4.08. The van der Waals surface area contributed by atoms with E-state index in [-0.39, 0.29) is 6.10 Å². The quantitative estimate of drug-likeness (QED) is 0.629. The molecule has 1 nitrogen and oxygen atoms in total. The molecule has 1 aliphatic rings. The Bertz CT molecular complexity index is 162. The molecule has 0 radical (unpaired) electrons. The summed E-state index contributed by atoms with van der Waals surface area (Å²) in [5.74, 6) is 1.27. The van der Waals surface area contributed by atoms with Crippen LogP contribution in [0.1, 0.15) is 39.5 Å². The summed E-state index contributed by atoms with van der Waals surface area (Å²) >= 11 is 0. The predicted octanol–water partition coefficient (Wildman–Crippen LogP) is 2.75. The van der Waals surface area contributed by atoms with Crippen LogP contribution in [0.4, 0.5) is 0 Å². The third kappa shape index (κ3) is 2.34. The first-order valence-electron chi connectivity index (χ1n) is 4.94. The average molecular weight is 168 g/mol. The average Bonchev–Trinajstić information content (AvgIpc) is 2.03. The molecule has 1 heteroatoms. The molecule has 0 heterocycles. The molecule has 0 amide bonds. The highest BCUT2D eigenvalue weighted by Crippen LogP contribution is 2.32. The van der Waals surface area contributed by atoms with Crippen molar-refractivity contribution >= 4 is 0 Å². The van der Waals surface area contributed by atoms with Crippen molar-refractivity contribution in [2.45, 2.75) is 45.6 Å². The maximum atomic E-state index is 9.77. The summed E-state index contributed by atoms with van der Waals surface area (Å²) in [4.78, 5) is 0. The molecule has 1 aliphatic carbocycles. The molecule has 3 atom stereocenters. The molecule has 0 saturated heterocycles. The normalized spacial score (nSPS) is 32.9. The maximum absolute atomic E-state index is 9.77. The largest absolute Gasteiger partial charge is 0.388 e. The highest BCUT2D eigenvalue weighted by molar-refractivity contribution is 5.00. The monoisotopic (exact) mass is 168 g/mol. The molecular weight excluding hydrogens is 148 g/mol. The third-order valence-corrected chi connectivity index (χ3v) is 2.93. The van der Waals surface area contributed by atoms with Crippen molar-refractivity contribution in [2.75, 3.05) is 0 Å². The lowest BCUT2D eigenvalue weighted by molar-refractivity contribution is 0.0998. The SMILES string of the molecule is C=C(C)C(O)C1CCCC(C)C1. The van der Waals surface area contributed by atoms with E-state index >= 15 is 0 Å². The molecule has 0 aromatic rings. The van der Waals surface area contributed by atoms with E-state index in [2.05, 4.69) is 13.5 Å². The molecule has 0 bridgehead atoms. The standard InChI is InChI=1S/C11H20O/c1-8(2)11(12)10-6-4-5-9(3)7-10/h9-12H,1,4-7H2,2-3H3. The van der Waals surface area contributed by atoms with Crippen LogP contribution in [-0.2, 0) is 0 Å². The van der Waals surface area contributed by atoms with Crippen LogP contribution in [0.2, 0.25) is 0 Å². The molecule has 0 aromatic carbocycles. The predicted molar refractivity (Wildman–Crippen MR) is 51.9 cm³/mol. The molecule has 1 saturated carbocycles. The highest BCUT2D eigenvalue weighted by atomic mass is 16.3. The van der Waals surface area contributed by atoms with E-state index in [0.717, 1.165) is 11.5 Å². The summed E-state index contributed by atoms with van der Waals surface area (Å²) in [5, 5.41) is 9.77. The van der Waals surface area contributed by atoms with E-state index in [9.17, 15) is 5.11 Å². The molecule has 0 aromatic heterocycles.